The van der Waals surface area contributed by atoms with Crippen molar-refractivity contribution in [3.8, 4) is 11.1 Å². The van der Waals surface area contributed by atoms with Crippen molar-refractivity contribution < 1.29 is 18.0 Å². The molecule has 180 valence electrons. The van der Waals surface area contributed by atoms with Gasteiger partial charge in [0, 0.05) is 38.2 Å². The molecule has 2 aliphatic rings. The van der Waals surface area contributed by atoms with Crippen molar-refractivity contribution in [1.82, 2.24) is 9.62 Å². The van der Waals surface area contributed by atoms with E-state index < -0.39 is 10.0 Å². The van der Waals surface area contributed by atoms with E-state index in [9.17, 15) is 18.0 Å². The molecule has 8 heteroatoms. The Morgan fingerprint density at radius 3 is 2.49 bits per heavy atom. The molecule has 3 aromatic rings. The molecule has 5 rings (SSSR count). The van der Waals surface area contributed by atoms with Crippen LogP contribution in [-0.2, 0) is 39.1 Å². The minimum Gasteiger partial charge on any atom is -0.338 e. The second kappa shape index (κ2) is 9.64. The third-order valence-corrected chi connectivity index (χ3v) is 7.96. The van der Waals surface area contributed by atoms with Gasteiger partial charge in [-0.3, -0.25) is 9.59 Å². The monoisotopic (exact) mass is 489 g/mol. The van der Waals surface area contributed by atoms with Crippen LogP contribution in [0.3, 0.4) is 0 Å². The van der Waals surface area contributed by atoms with E-state index in [1.807, 2.05) is 53.4 Å². The van der Waals surface area contributed by atoms with E-state index in [1.54, 1.807) is 12.1 Å². The maximum absolute atomic E-state index is 13.0. The SMILES string of the molecule is O=C1CCc2cc(S(=O)(=O)NCc3ccccc3-c3ccc(CN4CCCC4=O)cc3)ccc2N1. The molecular weight excluding hydrogens is 462 g/mol. The number of rotatable bonds is 7. The van der Waals surface area contributed by atoms with Crippen LogP contribution in [0.2, 0.25) is 0 Å². The van der Waals surface area contributed by atoms with E-state index in [1.165, 1.54) is 6.07 Å². The molecule has 0 unspecified atom stereocenters. The molecule has 0 bridgehead atoms. The fourth-order valence-corrected chi connectivity index (χ4v) is 5.68. The lowest BCUT2D eigenvalue weighted by Gasteiger charge is -2.18. The molecule has 2 heterocycles. The van der Waals surface area contributed by atoms with E-state index >= 15 is 0 Å². The summed E-state index contributed by atoms with van der Waals surface area (Å²) in [7, 11) is -3.73. The predicted molar refractivity (Wildman–Crippen MR) is 134 cm³/mol. The Morgan fingerprint density at radius 1 is 0.914 bits per heavy atom. The summed E-state index contributed by atoms with van der Waals surface area (Å²) in [6.45, 7) is 1.57. The first-order chi connectivity index (χ1) is 16.9. The summed E-state index contributed by atoms with van der Waals surface area (Å²) in [4.78, 5) is 25.5. The van der Waals surface area contributed by atoms with Crippen molar-refractivity contribution >= 4 is 27.5 Å². The lowest BCUT2D eigenvalue weighted by atomic mass is 9.98. The fourth-order valence-electron chi connectivity index (χ4n) is 4.62. The van der Waals surface area contributed by atoms with Crippen LogP contribution in [-0.4, -0.2) is 31.7 Å². The van der Waals surface area contributed by atoms with Crippen LogP contribution >= 0.6 is 0 Å². The molecule has 3 aromatic carbocycles. The summed E-state index contributed by atoms with van der Waals surface area (Å²) >= 11 is 0. The van der Waals surface area contributed by atoms with Crippen molar-refractivity contribution in [2.24, 2.45) is 0 Å². The Kier molecular flexibility index (Phi) is 6.40. The number of nitrogens with one attached hydrogen (secondary N) is 2. The van der Waals surface area contributed by atoms with E-state index in [0.29, 0.717) is 31.5 Å². The molecule has 2 aliphatic heterocycles. The van der Waals surface area contributed by atoms with Gasteiger partial charge in [0.15, 0.2) is 0 Å². The molecule has 0 saturated carbocycles. The number of nitrogens with zero attached hydrogens (tertiary/aromatic N) is 1. The lowest BCUT2D eigenvalue weighted by molar-refractivity contribution is -0.128. The summed E-state index contributed by atoms with van der Waals surface area (Å²) in [5.41, 5.74) is 5.37. The molecule has 7 nitrogen and oxygen atoms in total. The molecule has 0 radical (unpaired) electrons. The number of sulfonamides is 1. The standard InChI is InChI=1S/C27H27N3O4S/c31-26-14-11-21-16-23(12-13-25(21)29-26)35(33,34)28-17-22-4-1-2-5-24(22)20-9-7-19(8-10-20)18-30-15-3-6-27(30)32/h1-2,4-5,7-10,12-13,16,28H,3,6,11,14-15,17-18H2,(H,29,31). The smallest absolute Gasteiger partial charge is 0.240 e. The molecular formula is C27H27N3O4S. The maximum atomic E-state index is 13.0. The number of hydrogen-bond donors (Lipinski definition) is 2. The second-order valence-corrected chi connectivity index (χ2v) is 10.7. The zero-order chi connectivity index (χ0) is 24.4. The highest BCUT2D eigenvalue weighted by molar-refractivity contribution is 7.89. The Balaban J connectivity index is 1.30. The zero-order valence-electron chi connectivity index (χ0n) is 19.3. The van der Waals surface area contributed by atoms with Gasteiger partial charge < -0.3 is 10.2 Å². The van der Waals surface area contributed by atoms with Crippen LogP contribution in [0.25, 0.3) is 11.1 Å². The average molecular weight is 490 g/mol. The first-order valence-electron chi connectivity index (χ1n) is 11.8. The number of hydrogen-bond acceptors (Lipinski definition) is 4. The first kappa shape index (κ1) is 23.3. The van der Waals surface area contributed by atoms with Crippen molar-refractivity contribution in [2.75, 3.05) is 11.9 Å². The van der Waals surface area contributed by atoms with Crippen molar-refractivity contribution in [3.05, 3.63) is 83.4 Å². The summed E-state index contributed by atoms with van der Waals surface area (Å²) in [5.74, 6) is 0.149. The van der Waals surface area contributed by atoms with E-state index in [2.05, 4.69) is 10.0 Å². The lowest BCUT2D eigenvalue weighted by Crippen LogP contribution is -2.24. The van der Waals surface area contributed by atoms with Gasteiger partial charge in [0.05, 0.1) is 4.90 Å². The Hall–Kier alpha value is -3.49. The number of benzene rings is 3. The van der Waals surface area contributed by atoms with Crippen LogP contribution in [0, 0.1) is 0 Å². The van der Waals surface area contributed by atoms with Crippen LogP contribution in [0.1, 0.15) is 36.0 Å². The highest BCUT2D eigenvalue weighted by atomic mass is 32.2. The van der Waals surface area contributed by atoms with Gasteiger partial charge in [-0.25, -0.2) is 13.1 Å². The van der Waals surface area contributed by atoms with Gasteiger partial charge in [0.25, 0.3) is 0 Å². The number of amides is 2. The zero-order valence-corrected chi connectivity index (χ0v) is 20.1. The topological polar surface area (TPSA) is 95.6 Å². The van der Waals surface area contributed by atoms with Gasteiger partial charge in [-0.1, -0.05) is 48.5 Å². The number of likely N-dealkylation sites (tertiary alicyclic amines) is 1. The third kappa shape index (κ3) is 5.13. The summed E-state index contributed by atoms with van der Waals surface area (Å²) < 4.78 is 28.7. The van der Waals surface area contributed by atoms with Gasteiger partial charge in [-0.15, -0.1) is 0 Å². The molecule has 1 fully saturated rings. The molecule has 35 heavy (non-hydrogen) atoms. The Morgan fingerprint density at radius 2 is 1.71 bits per heavy atom. The Bertz CT molecular complexity index is 1380. The van der Waals surface area contributed by atoms with Gasteiger partial charge >= 0.3 is 0 Å². The van der Waals surface area contributed by atoms with Crippen molar-refractivity contribution in [1.29, 1.82) is 0 Å². The molecule has 1 saturated heterocycles. The van der Waals surface area contributed by atoms with Gasteiger partial charge in [-0.2, -0.15) is 0 Å². The van der Waals surface area contributed by atoms with E-state index in [0.717, 1.165) is 40.8 Å². The van der Waals surface area contributed by atoms with E-state index in [4.69, 9.17) is 0 Å². The van der Waals surface area contributed by atoms with Crippen molar-refractivity contribution in [3.63, 3.8) is 0 Å². The largest absolute Gasteiger partial charge is 0.338 e. The quantitative estimate of drug-likeness (QED) is 0.527. The summed E-state index contributed by atoms with van der Waals surface area (Å²) in [5, 5.41) is 2.77. The van der Waals surface area contributed by atoms with Gasteiger partial charge in [0.2, 0.25) is 21.8 Å². The maximum Gasteiger partial charge on any atom is 0.240 e. The summed E-state index contributed by atoms with van der Waals surface area (Å²) in [6, 6.07) is 20.6. The normalized spacial score (nSPS) is 15.7. The first-order valence-corrected chi connectivity index (χ1v) is 13.2. The molecule has 2 amide bonds. The molecule has 2 N–H and O–H groups in total. The Labute approximate surface area is 205 Å². The number of anilines is 1. The highest BCUT2D eigenvalue weighted by Crippen LogP contribution is 2.27. The summed E-state index contributed by atoms with van der Waals surface area (Å²) in [6.07, 6.45) is 2.42. The minimum absolute atomic E-state index is 0.0552. The molecule has 0 atom stereocenters. The van der Waals surface area contributed by atoms with Gasteiger partial charge in [-0.05, 0) is 58.9 Å². The van der Waals surface area contributed by atoms with Crippen molar-refractivity contribution in [2.45, 2.75) is 43.7 Å². The predicted octanol–water partition coefficient (Wildman–Crippen LogP) is 3.84. The van der Waals surface area contributed by atoms with E-state index in [-0.39, 0.29) is 23.3 Å². The van der Waals surface area contributed by atoms with Crippen LogP contribution < -0.4 is 10.0 Å². The number of carbonyl (C=O) groups excluding carboxylic acids is 2. The van der Waals surface area contributed by atoms with Crippen LogP contribution in [0.15, 0.2) is 71.6 Å². The molecule has 0 spiro atoms. The number of aryl methyl sites for hydroxylation is 1. The molecule has 0 aliphatic carbocycles. The minimum atomic E-state index is -3.73. The fraction of sp³-hybridized carbons (Fsp3) is 0.259. The second-order valence-electron chi connectivity index (χ2n) is 8.96. The third-order valence-electron chi connectivity index (χ3n) is 6.56. The van der Waals surface area contributed by atoms with Crippen LogP contribution in [0.4, 0.5) is 5.69 Å². The number of carbonyl (C=O) groups is 2. The molecule has 0 aromatic heterocycles. The van der Waals surface area contributed by atoms with Crippen LogP contribution in [0.5, 0.6) is 0 Å². The average Bonchev–Trinajstić information content (AvgIpc) is 3.27. The highest BCUT2D eigenvalue weighted by Gasteiger charge is 2.21. The van der Waals surface area contributed by atoms with Gasteiger partial charge in [0.1, 0.15) is 0 Å². The number of fused-ring (bicyclic) bond motifs is 1.